The van der Waals surface area contributed by atoms with E-state index in [2.05, 4.69) is 4.79 Å². The van der Waals surface area contributed by atoms with Crippen LogP contribution in [0.25, 0.3) is 5.53 Å². The van der Waals surface area contributed by atoms with Crippen LogP contribution in [0.15, 0.2) is 54.9 Å². The number of carbonyl (C=O) groups is 1. The van der Waals surface area contributed by atoms with E-state index < -0.39 is 0 Å². The second-order valence-corrected chi connectivity index (χ2v) is 3.99. The van der Waals surface area contributed by atoms with E-state index in [0.717, 1.165) is 11.8 Å². The van der Waals surface area contributed by atoms with E-state index in [0.29, 0.717) is 6.54 Å². The monoisotopic (exact) mass is 239 g/mol. The van der Waals surface area contributed by atoms with E-state index in [1.54, 1.807) is 0 Å². The van der Waals surface area contributed by atoms with Crippen molar-refractivity contribution < 1.29 is 9.58 Å². The zero-order valence-electron chi connectivity index (χ0n) is 9.81. The molecule has 0 spiro atoms. The molecular weight excluding hydrogens is 226 g/mol. The van der Waals surface area contributed by atoms with Crippen molar-refractivity contribution in [3.63, 3.8) is 0 Å². The minimum atomic E-state index is -0.338. The molecule has 0 amide bonds. The lowest BCUT2D eigenvalue weighted by Gasteiger charge is -2.13. The van der Waals surface area contributed by atoms with Gasteiger partial charge in [0.1, 0.15) is 0 Å². The van der Waals surface area contributed by atoms with Crippen LogP contribution in [0.1, 0.15) is 11.5 Å². The molecule has 0 bridgehead atoms. The summed E-state index contributed by atoms with van der Waals surface area (Å²) >= 11 is 0. The first-order valence-corrected chi connectivity index (χ1v) is 5.68. The predicted octanol–water partition coefficient (Wildman–Crippen LogP) is 2.14. The summed E-state index contributed by atoms with van der Waals surface area (Å²) in [5, 5.41) is 0. The number of aromatic nitrogens is 1. The molecule has 0 aliphatic heterocycles. The number of carbonyl (C=O) groups excluding carboxylic acids is 1. The summed E-state index contributed by atoms with van der Waals surface area (Å²) in [6, 6.07) is 13.3. The van der Waals surface area contributed by atoms with Crippen LogP contribution in [0, 0.1) is 0 Å². The standard InChI is InChI=1S/C14H13N3O/c15-16-10-14(18)13(11-17-8-4-5-9-17)12-6-2-1-3-7-12/h1-10,13H,11H2. The molecule has 1 aromatic carbocycles. The third kappa shape index (κ3) is 2.81. The van der Waals surface area contributed by atoms with Gasteiger partial charge in [0, 0.05) is 18.9 Å². The van der Waals surface area contributed by atoms with E-state index >= 15 is 0 Å². The maximum Gasteiger partial charge on any atom is 0.323 e. The van der Waals surface area contributed by atoms with Gasteiger partial charge in [-0.3, -0.25) is 4.79 Å². The van der Waals surface area contributed by atoms with Gasteiger partial charge in [0.05, 0.1) is 5.92 Å². The lowest BCUT2D eigenvalue weighted by Crippen LogP contribution is -2.19. The first-order valence-electron chi connectivity index (χ1n) is 5.68. The first kappa shape index (κ1) is 12.0. The first-order chi connectivity index (χ1) is 8.81. The highest BCUT2D eigenvalue weighted by Gasteiger charge is 2.22. The molecule has 2 aromatic rings. The fourth-order valence-electron chi connectivity index (χ4n) is 1.89. The molecule has 1 atom stereocenters. The van der Waals surface area contributed by atoms with Crippen molar-refractivity contribution in [3.8, 4) is 0 Å². The van der Waals surface area contributed by atoms with Gasteiger partial charge in [0.2, 0.25) is 5.78 Å². The van der Waals surface area contributed by atoms with Gasteiger partial charge in [0.25, 0.3) is 0 Å². The third-order valence-corrected chi connectivity index (χ3v) is 2.79. The number of benzene rings is 1. The van der Waals surface area contributed by atoms with Crippen LogP contribution >= 0.6 is 0 Å². The molecule has 1 aromatic heterocycles. The summed E-state index contributed by atoms with van der Waals surface area (Å²) in [6.07, 6.45) is 4.76. The van der Waals surface area contributed by atoms with Crippen molar-refractivity contribution in [2.24, 2.45) is 0 Å². The van der Waals surface area contributed by atoms with E-state index in [1.165, 1.54) is 0 Å². The van der Waals surface area contributed by atoms with Crippen LogP contribution in [-0.4, -0.2) is 21.4 Å². The molecule has 0 N–H and O–H groups in total. The number of nitrogens with zero attached hydrogens (tertiary/aromatic N) is 3. The molecule has 0 aliphatic rings. The molecule has 1 unspecified atom stereocenters. The van der Waals surface area contributed by atoms with E-state index in [-0.39, 0.29) is 11.7 Å². The Hall–Kier alpha value is -2.45. The average molecular weight is 239 g/mol. The lowest BCUT2D eigenvalue weighted by atomic mass is 9.95. The van der Waals surface area contributed by atoms with E-state index in [1.807, 2.05) is 59.4 Å². The number of rotatable bonds is 5. The molecule has 2 rings (SSSR count). The third-order valence-electron chi connectivity index (χ3n) is 2.79. The minimum absolute atomic E-state index is 0.211. The van der Waals surface area contributed by atoms with Crippen molar-refractivity contribution >= 4 is 12.0 Å². The Morgan fingerprint density at radius 2 is 1.89 bits per heavy atom. The van der Waals surface area contributed by atoms with Gasteiger partial charge in [0.15, 0.2) is 0 Å². The molecule has 0 radical (unpaired) electrons. The second-order valence-electron chi connectivity index (χ2n) is 3.99. The van der Waals surface area contributed by atoms with Crippen LogP contribution in [0.3, 0.4) is 0 Å². The maximum atomic E-state index is 11.9. The van der Waals surface area contributed by atoms with Crippen molar-refractivity contribution in [2.75, 3.05) is 0 Å². The lowest BCUT2D eigenvalue weighted by molar-refractivity contribution is -0.117. The van der Waals surface area contributed by atoms with Gasteiger partial charge in [-0.15, -0.1) is 0 Å². The normalized spacial score (nSPS) is 11.6. The smallest absolute Gasteiger partial charge is 0.323 e. The molecule has 4 heteroatoms. The molecule has 0 fully saturated rings. The zero-order valence-corrected chi connectivity index (χ0v) is 9.81. The molecule has 0 saturated heterocycles. The summed E-state index contributed by atoms with van der Waals surface area (Å²) in [6.45, 7) is 0.530. The summed E-state index contributed by atoms with van der Waals surface area (Å²) in [5.74, 6) is -0.549. The van der Waals surface area contributed by atoms with Crippen LogP contribution in [-0.2, 0) is 11.3 Å². The Bertz CT molecular complexity index is 554. The van der Waals surface area contributed by atoms with E-state index in [9.17, 15) is 4.79 Å². The van der Waals surface area contributed by atoms with Gasteiger partial charge in [-0.1, -0.05) is 30.3 Å². The number of hydrogen-bond acceptors (Lipinski definition) is 1. The van der Waals surface area contributed by atoms with Crippen LogP contribution in [0.5, 0.6) is 0 Å². The Morgan fingerprint density at radius 3 is 2.50 bits per heavy atom. The quantitative estimate of drug-likeness (QED) is 0.448. The van der Waals surface area contributed by atoms with E-state index in [4.69, 9.17) is 5.53 Å². The molecule has 90 valence electrons. The summed E-state index contributed by atoms with van der Waals surface area (Å²) < 4.78 is 1.93. The Balaban J connectivity index is 2.28. The average Bonchev–Trinajstić information content (AvgIpc) is 2.90. The van der Waals surface area contributed by atoms with Crippen molar-refractivity contribution in [1.29, 1.82) is 0 Å². The number of Topliss-reactive ketones (excluding diaryl/α,β-unsaturated/α-hetero) is 1. The van der Waals surface area contributed by atoms with Crippen LogP contribution < -0.4 is 0 Å². The van der Waals surface area contributed by atoms with Gasteiger partial charge in [-0.25, -0.2) is 0 Å². The molecule has 0 aliphatic carbocycles. The summed E-state index contributed by atoms with van der Waals surface area (Å²) in [7, 11) is 0. The fraction of sp³-hybridized carbons (Fsp3) is 0.143. The number of hydrogen-bond donors (Lipinski definition) is 0. The fourth-order valence-corrected chi connectivity index (χ4v) is 1.89. The zero-order chi connectivity index (χ0) is 12.8. The maximum absolute atomic E-state index is 11.9. The highest BCUT2D eigenvalue weighted by Crippen LogP contribution is 2.18. The Labute approximate surface area is 105 Å². The van der Waals surface area contributed by atoms with Crippen molar-refractivity contribution in [2.45, 2.75) is 12.5 Å². The summed E-state index contributed by atoms with van der Waals surface area (Å²) in [5.41, 5.74) is 9.41. The highest BCUT2D eigenvalue weighted by atomic mass is 16.1. The Kier molecular flexibility index (Phi) is 3.84. The molecular formula is C14H13N3O. The van der Waals surface area contributed by atoms with Gasteiger partial charge in [-0.05, 0) is 17.7 Å². The SMILES string of the molecule is [N-]=[N+]=CC(=O)C(Cn1cccc1)c1ccccc1. The topological polar surface area (TPSA) is 58.4 Å². The van der Waals surface area contributed by atoms with Gasteiger partial charge >= 0.3 is 6.21 Å². The van der Waals surface area contributed by atoms with Crippen molar-refractivity contribution in [1.82, 2.24) is 4.57 Å². The molecule has 18 heavy (non-hydrogen) atoms. The molecule has 0 saturated carbocycles. The second kappa shape index (κ2) is 5.75. The van der Waals surface area contributed by atoms with Gasteiger partial charge < -0.3 is 10.1 Å². The van der Waals surface area contributed by atoms with Gasteiger partial charge in [-0.2, -0.15) is 4.79 Å². The highest BCUT2D eigenvalue weighted by molar-refractivity contribution is 6.27. The number of ketones is 1. The largest absolute Gasteiger partial charge is 0.361 e. The molecule has 4 nitrogen and oxygen atoms in total. The van der Waals surface area contributed by atoms with Crippen molar-refractivity contribution in [3.05, 3.63) is 66.0 Å². The predicted molar refractivity (Wildman–Crippen MR) is 68.3 cm³/mol. The van der Waals surface area contributed by atoms with Crippen LogP contribution in [0.2, 0.25) is 0 Å². The van der Waals surface area contributed by atoms with Crippen LogP contribution in [0.4, 0.5) is 0 Å². The summed E-state index contributed by atoms with van der Waals surface area (Å²) in [4.78, 5) is 14.8. The minimum Gasteiger partial charge on any atom is -0.361 e. The molecule has 1 heterocycles. The Morgan fingerprint density at radius 1 is 1.22 bits per heavy atom.